The second-order valence-electron chi connectivity index (χ2n) is 5.84. The number of nitrogens with zero attached hydrogens (tertiary/aromatic N) is 2. The van der Waals surface area contributed by atoms with Gasteiger partial charge in [0.05, 0.1) is 0 Å². The Balaban J connectivity index is 2.21. The Morgan fingerprint density at radius 3 is 2.45 bits per heavy atom. The van der Waals surface area contributed by atoms with Crippen molar-refractivity contribution < 1.29 is 60.6 Å². The Morgan fingerprint density at radius 2 is 1.94 bits per heavy atom. The number of aliphatic hydroxyl groups is 1. The molecule has 0 radical (unpaired) electrons. The van der Waals surface area contributed by atoms with Crippen LogP contribution in [0.1, 0.15) is 6.23 Å². The summed E-state index contributed by atoms with van der Waals surface area (Å²) < 4.78 is 66.0. The Hall–Kier alpha value is -1.08. The van der Waals surface area contributed by atoms with Crippen LogP contribution < -0.4 is 5.73 Å². The molecule has 2 heterocycles. The number of hydrogen-bond acceptors (Lipinski definition) is 11. The average molecular weight is 525 g/mol. The maximum Gasteiger partial charge on any atom is 0.490 e. The molecule has 15 nitrogen and oxygen atoms in total. The van der Waals surface area contributed by atoms with E-state index in [-0.39, 0.29) is 10.6 Å². The van der Waals surface area contributed by atoms with Crippen LogP contribution in [-0.4, -0.2) is 58.7 Å². The molecule has 20 heteroatoms. The van der Waals surface area contributed by atoms with E-state index in [2.05, 4.69) is 18.1 Å². The van der Waals surface area contributed by atoms with Gasteiger partial charge in [-0.05, 0) is 18.3 Å². The van der Waals surface area contributed by atoms with Crippen LogP contribution in [0, 0.1) is 17.1 Å². The van der Waals surface area contributed by atoms with E-state index < -0.39 is 54.2 Å². The summed E-state index contributed by atoms with van der Waals surface area (Å²) in [5.41, 5.74) is 3.02. The van der Waals surface area contributed by atoms with Gasteiger partial charge in [0.1, 0.15) is 18.5 Å². The van der Waals surface area contributed by atoms with Crippen LogP contribution in [0.15, 0.2) is 12.3 Å². The molecule has 1 aliphatic heterocycles. The summed E-state index contributed by atoms with van der Waals surface area (Å²) in [4.78, 5) is 39.4. The van der Waals surface area contributed by atoms with Gasteiger partial charge in [-0.25, -0.2) is 23.1 Å². The van der Waals surface area contributed by atoms with Crippen molar-refractivity contribution in [2.24, 2.45) is 0 Å². The third kappa shape index (κ3) is 6.47. The van der Waals surface area contributed by atoms with Crippen LogP contribution in [0.2, 0.25) is 0 Å². The summed E-state index contributed by atoms with van der Waals surface area (Å²) in [5, 5.41) is 10.2. The number of alkyl halides is 1. The minimum atomic E-state index is -5.79. The number of anilines is 1. The van der Waals surface area contributed by atoms with Crippen LogP contribution in [0.25, 0.3) is 0 Å². The first-order chi connectivity index (χ1) is 14.0. The van der Waals surface area contributed by atoms with Crippen molar-refractivity contribution in [1.82, 2.24) is 9.55 Å². The Kier molecular flexibility index (Phi) is 7.64. The molecule has 0 aromatic carbocycles. The molecule has 0 aliphatic carbocycles. The fourth-order valence-electron chi connectivity index (χ4n) is 2.35. The topological polar surface area (TPSA) is 233 Å². The van der Waals surface area contributed by atoms with Crippen molar-refractivity contribution in [2.75, 3.05) is 12.3 Å². The summed E-state index contributed by atoms with van der Waals surface area (Å²) in [6.45, 7) is -1.28. The second kappa shape index (κ2) is 9.05. The first kappa shape index (κ1) is 26.2. The van der Waals surface area contributed by atoms with Crippen molar-refractivity contribution in [3.05, 3.63) is 17.0 Å². The highest BCUT2D eigenvalue weighted by atomic mass is 32.1. The lowest BCUT2D eigenvalue weighted by atomic mass is 9.98. The van der Waals surface area contributed by atoms with Gasteiger partial charge in [-0.1, -0.05) is 5.92 Å². The van der Waals surface area contributed by atoms with Crippen molar-refractivity contribution in [1.29, 1.82) is 0 Å². The SMILES string of the molecule is C#C[C@]1(COP(=O)(O)OP(=O)(O)OP(=O)(O)O)O[C@@H](n2ccc(N)nc2=S)[C@@H](F)C1O. The van der Waals surface area contributed by atoms with Crippen LogP contribution in [0.3, 0.4) is 0 Å². The molecule has 7 N–H and O–H groups in total. The highest BCUT2D eigenvalue weighted by molar-refractivity contribution is 7.71. The number of nitrogen functional groups attached to an aromatic ring is 1. The molecule has 1 saturated heterocycles. The lowest BCUT2D eigenvalue weighted by Crippen LogP contribution is -2.44. The molecule has 174 valence electrons. The minimum absolute atomic E-state index is 0.00563. The van der Waals surface area contributed by atoms with E-state index in [0.717, 1.165) is 4.57 Å². The predicted molar refractivity (Wildman–Crippen MR) is 99.9 cm³/mol. The second-order valence-corrected chi connectivity index (χ2v) is 10.6. The maximum absolute atomic E-state index is 14.7. The molecular weight excluding hydrogens is 510 g/mol. The average Bonchev–Trinajstić information content (AvgIpc) is 2.82. The van der Waals surface area contributed by atoms with Gasteiger partial charge in [0.25, 0.3) is 0 Å². The van der Waals surface area contributed by atoms with Crippen molar-refractivity contribution in [2.45, 2.75) is 24.1 Å². The van der Waals surface area contributed by atoms with E-state index in [9.17, 15) is 28.1 Å². The zero-order valence-corrected chi connectivity index (χ0v) is 18.4. The molecule has 31 heavy (non-hydrogen) atoms. The molecule has 1 aromatic heterocycles. The van der Waals surface area contributed by atoms with Crippen molar-refractivity contribution in [3.8, 4) is 12.3 Å². The van der Waals surface area contributed by atoms with Gasteiger partial charge in [-0.2, -0.15) is 8.62 Å². The van der Waals surface area contributed by atoms with E-state index in [4.69, 9.17) is 43.8 Å². The third-order valence-corrected chi connectivity index (χ3v) is 7.70. The van der Waals surface area contributed by atoms with Gasteiger partial charge in [0, 0.05) is 6.20 Å². The number of nitrogens with two attached hydrogens (primary N) is 1. The number of ether oxygens (including phenoxy) is 1. The van der Waals surface area contributed by atoms with Crippen molar-refractivity contribution in [3.63, 3.8) is 0 Å². The monoisotopic (exact) mass is 525 g/mol. The summed E-state index contributed by atoms with van der Waals surface area (Å²) in [6, 6.07) is 1.24. The van der Waals surface area contributed by atoms with Gasteiger partial charge in [-0.15, -0.1) is 6.42 Å². The largest absolute Gasteiger partial charge is 0.490 e. The van der Waals surface area contributed by atoms with Gasteiger partial charge >= 0.3 is 23.5 Å². The normalized spacial score (nSPS) is 30.3. The molecule has 0 bridgehead atoms. The third-order valence-electron chi connectivity index (χ3n) is 3.61. The molecule has 1 aromatic rings. The highest BCUT2D eigenvalue weighted by Gasteiger charge is 2.57. The molecule has 1 aliphatic rings. The molecule has 6 atom stereocenters. The number of aromatic nitrogens is 2. The molecule has 0 saturated carbocycles. The zero-order valence-electron chi connectivity index (χ0n) is 14.9. The summed E-state index contributed by atoms with van der Waals surface area (Å²) in [6.07, 6.45) is 0.371. The van der Waals surface area contributed by atoms with Gasteiger partial charge in [0.2, 0.25) is 4.77 Å². The molecular formula is C11H15FN3O12P3S. The Bertz CT molecular complexity index is 1090. The van der Waals surface area contributed by atoms with Crippen molar-refractivity contribution >= 4 is 41.5 Å². The summed E-state index contributed by atoms with van der Waals surface area (Å²) >= 11 is 4.93. The summed E-state index contributed by atoms with van der Waals surface area (Å²) in [5.74, 6) is 1.86. The number of phosphoric acid groups is 3. The standard InChI is InChI=1S/C11H15FN3O12P3S/c1-2-11(5-24-29(20,21)27-30(22,23)26-28(17,18)19)8(16)7(12)9(25-11)15-4-3-6(13)14-10(15)31/h1,3-4,7-9,16H,5H2,(H,20,21)(H,22,23)(H2,13,14,31)(H2,17,18,19)/t7-,8?,9+,11+/m0/s1. The Labute approximate surface area is 178 Å². The zero-order chi connectivity index (χ0) is 23.8. The molecule has 0 spiro atoms. The lowest BCUT2D eigenvalue weighted by Gasteiger charge is -2.27. The van der Waals surface area contributed by atoms with E-state index in [0.29, 0.717) is 0 Å². The predicted octanol–water partition coefficient (Wildman–Crippen LogP) is 0.138. The number of terminal acetylenes is 1. The van der Waals surface area contributed by atoms with Crippen LogP contribution in [-0.2, 0) is 31.6 Å². The van der Waals surface area contributed by atoms with Gasteiger partial charge in [0.15, 0.2) is 18.0 Å². The Morgan fingerprint density at radius 1 is 1.32 bits per heavy atom. The van der Waals surface area contributed by atoms with Crippen LogP contribution in [0.4, 0.5) is 10.2 Å². The first-order valence-corrected chi connectivity index (χ1v) is 12.5. The smallest absolute Gasteiger partial charge is 0.386 e. The van der Waals surface area contributed by atoms with Gasteiger partial charge < -0.3 is 35.2 Å². The van der Waals surface area contributed by atoms with E-state index >= 15 is 0 Å². The lowest BCUT2D eigenvalue weighted by molar-refractivity contribution is -0.0900. The number of hydrogen-bond donors (Lipinski definition) is 6. The van der Waals surface area contributed by atoms with Gasteiger partial charge in [-0.3, -0.25) is 9.09 Å². The van der Waals surface area contributed by atoms with E-state index in [1.165, 1.54) is 12.3 Å². The highest BCUT2D eigenvalue weighted by Crippen LogP contribution is 2.66. The molecule has 1 fully saturated rings. The minimum Gasteiger partial charge on any atom is -0.386 e. The number of rotatable bonds is 8. The number of halogens is 1. The molecule has 0 amide bonds. The maximum atomic E-state index is 14.7. The quantitative estimate of drug-likeness (QED) is 0.150. The fraction of sp³-hybridized carbons (Fsp3) is 0.455. The van der Waals surface area contributed by atoms with E-state index in [1.807, 2.05) is 5.92 Å². The molecule has 2 rings (SSSR count). The van der Waals surface area contributed by atoms with Crippen LogP contribution >= 0.6 is 35.7 Å². The fourth-order valence-corrected chi connectivity index (χ4v) is 5.67. The van der Waals surface area contributed by atoms with Crippen LogP contribution in [0.5, 0.6) is 0 Å². The first-order valence-electron chi connectivity index (χ1n) is 7.62. The number of phosphoric ester groups is 1. The van der Waals surface area contributed by atoms with E-state index in [1.54, 1.807) is 0 Å². The summed E-state index contributed by atoms with van der Waals surface area (Å²) in [7, 11) is -17.0. The molecule has 3 unspecified atom stereocenters. The number of aliphatic hydroxyl groups excluding tert-OH is 1.